The fraction of sp³-hybridized carbons (Fsp3) is 0.158. The van der Waals surface area contributed by atoms with Crippen molar-refractivity contribution in [3.8, 4) is 0 Å². The maximum absolute atomic E-state index is 13.2. The van der Waals surface area contributed by atoms with Gasteiger partial charge in [-0.25, -0.2) is 4.67 Å². The summed E-state index contributed by atoms with van der Waals surface area (Å²) in [7, 11) is -3.21. The number of nitrogens with zero attached hydrogens (tertiary/aromatic N) is 2. The van der Waals surface area contributed by atoms with E-state index in [2.05, 4.69) is 13.2 Å². The Balaban J connectivity index is 2.15. The molecule has 2 rings (SSSR count). The van der Waals surface area contributed by atoms with Crippen LogP contribution in [-0.4, -0.2) is 22.8 Å². The first kappa shape index (κ1) is 19.6. The van der Waals surface area contributed by atoms with Crippen molar-refractivity contribution < 1.29 is 14.0 Å². The third-order valence-corrected chi connectivity index (χ3v) is 5.63. The maximum Gasteiger partial charge on any atom is 0.316 e. The Hall–Kier alpha value is -2.69. The van der Waals surface area contributed by atoms with Crippen LogP contribution in [0.3, 0.4) is 0 Å². The number of rotatable bonds is 9. The second kappa shape index (κ2) is 8.61. The molecule has 0 aromatic heterocycles. The third-order valence-electron chi connectivity index (χ3n) is 3.74. The van der Waals surface area contributed by atoms with Crippen molar-refractivity contribution in [3.63, 3.8) is 0 Å². The highest BCUT2D eigenvalue weighted by molar-refractivity contribution is 7.55. The molecule has 0 bridgehead atoms. The molecule has 1 atom stereocenters. The molecule has 0 amide bonds. The van der Waals surface area contributed by atoms with Gasteiger partial charge in [-0.05, 0) is 17.7 Å². The zero-order valence-electron chi connectivity index (χ0n) is 14.6. The first-order valence-corrected chi connectivity index (χ1v) is 9.97. The van der Waals surface area contributed by atoms with Gasteiger partial charge in [0.1, 0.15) is 5.76 Å². The van der Waals surface area contributed by atoms with Crippen LogP contribution in [0.1, 0.15) is 11.1 Å². The van der Waals surface area contributed by atoms with E-state index in [1.165, 1.54) is 30.9 Å². The summed E-state index contributed by atoms with van der Waals surface area (Å²) < 4.78 is 20.5. The highest BCUT2D eigenvalue weighted by Crippen LogP contribution is 2.51. The quantitative estimate of drug-likeness (QED) is 0.201. The molecule has 0 spiro atoms. The van der Waals surface area contributed by atoms with E-state index in [0.29, 0.717) is 18.7 Å². The van der Waals surface area contributed by atoms with Gasteiger partial charge in [-0.2, -0.15) is 0 Å². The molecule has 0 heterocycles. The first-order valence-electron chi connectivity index (χ1n) is 7.94. The lowest BCUT2D eigenvalue weighted by molar-refractivity contribution is -0.384. The smallest absolute Gasteiger partial charge is 0.316 e. The Bertz CT molecular complexity index is 834. The summed E-state index contributed by atoms with van der Waals surface area (Å²) in [5, 5.41) is 10.7. The van der Waals surface area contributed by atoms with Crippen molar-refractivity contribution >= 4 is 19.0 Å². The van der Waals surface area contributed by atoms with Gasteiger partial charge in [-0.1, -0.05) is 43.0 Å². The summed E-state index contributed by atoms with van der Waals surface area (Å²) in [6.45, 7) is 9.88. The molecular weight excluding hydrogens is 351 g/mol. The summed E-state index contributed by atoms with van der Waals surface area (Å²) in [6.07, 6.45) is 1.66. The van der Waals surface area contributed by atoms with E-state index in [0.717, 1.165) is 5.56 Å². The number of hydrogen-bond donors (Lipinski definition) is 0. The molecule has 0 N–H and O–H groups in total. The lowest BCUT2D eigenvalue weighted by Gasteiger charge is -2.28. The summed E-state index contributed by atoms with van der Waals surface area (Å²) in [6, 6.07) is 15.4. The number of hydrogen-bond acceptors (Lipinski definition) is 4. The molecule has 6 nitrogen and oxygen atoms in total. The van der Waals surface area contributed by atoms with Crippen molar-refractivity contribution in [2.24, 2.45) is 0 Å². The Morgan fingerprint density at radius 2 is 1.85 bits per heavy atom. The standard InChI is InChI=1S/C19H21N2O4P/c1-4-14-20(15-17-8-6-5-7-9-17)26(3,24)25-16(2)18-10-12-19(13-11-18)21(22)23/h4-13H,1-2,14-15H2,3H3. The molecule has 2 aromatic carbocycles. The molecule has 136 valence electrons. The molecule has 2 aromatic rings. The SMILES string of the molecule is C=CCN(Cc1ccccc1)P(C)(=O)OC(=C)c1ccc([N+](=O)[O-])cc1. The fourth-order valence-corrected chi connectivity index (χ4v) is 3.83. The fourth-order valence-electron chi connectivity index (χ4n) is 2.37. The number of nitro groups is 1. The van der Waals surface area contributed by atoms with Gasteiger partial charge in [-0.3, -0.25) is 14.7 Å². The second-order valence-corrected chi connectivity index (χ2v) is 8.10. The summed E-state index contributed by atoms with van der Waals surface area (Å²) in [4.78, 5) is 10.3. The summed E-state index contributed by atoms with van der Waals surface area (Å²) in [5.41, 5.74) is 1.51. The van der Waals surface area contributed by atoms with Crippen LogP contribution in [-0.2, 0) is 15.6 Å². The Kier molecular flexibility index (Phi) is 6.50. The van der Waals surface area contributed by atoms with Crippen LogP contribution < -0.4 is 0 Å². The predicted molar refractivity (Wildman–Crippen MR) is 104 cm³/mol. The van der Waals surface area contributed by atoms with Crippen molar-refractivity contribution in [2.45, 2.75) is 6.54 Å². The summed E-state index contributed by atoms with van der Waals surface area (Å²) >= 11 is 0. The highest BCUT2D eigenvalue weighted by Gasteiger charge is 2.27. The van der Waals surface area contributed by atoms with Crippen LogP contribution in [0.25, 0.3) is 5.76 Å². The highest BCUT2D eigenvalue weighted by atomic mass is 31.2. The van der Waals surface area contributed by atoms with E-state index >= 15 is 0 Å². The van der Waals surface area contributed by atoms with Crippen LogP contribution in [0.4, 0.5) is 5.69 Å². The van der Waals surface area contributed by atoms with Crippen LogP contribution in [0, 0.1) is 10.1 Å². The maximum atomic E-state index is 13.2. The molecule has 0 aliphatic rings. The van der Waals surface area contributed by atoms with Crippen LogP contribution in [0.15, 0.2) is 73.8 Å². The van der Waals surface area contributed by atoms with Gasteiger partial charge in [0, 0.05) is 37.5 Å². The van der Waals surface area contributed by atoms with Crippen molar-refractivity contribution in [2.75, 3.05) is 13.2 Å². The van der Waals surface area contributed by atoms with Gasteiger partial charge in [0.2, 0.25) is 0 Å². The largest absolute Gasteiger partial charge is 0.433 e. The minimum atomic E-state index is -3.21. The molecular formula is C19H21N2O4P. The molecule has 26 heavy (non-hydrogen) atoms. The minimum absolute atomic E-state index is 0.0291. The molecule has 0 fully saturated rings. The van der Waals surface area contributed by atoms with E-state index in [-0.39, 0.29) is 11.4 Å². The minimum Gasteiger partial charge on any atom is -0.433 e. The zero-order chi connectivity index (χ0) is 19.2. The lowest BCUT2D eigenvalue weighted by atomic mass is 10.2. The predicted octanol–water partition coefficient (Wildman–Crippen LogP) is 5.09. The van der Waals surface area contributed by atoms with Crippen molar-refractivity contribution in [1.82, 2.24) is 4.67 Å². The van der Waals surface area contributed by atoms with E-state index in [1.807, 2.05) is 30.3 Å². The van der Waals surface area contributed by atoms with Crippen molar-refractivity contribution in [1.29, 1.82) is 0 Å². The Labute approximate surface area is 153 Å². The Morgan fingerprint density at radius 1 is 1.23 bits per heavy atom. The van der Waals surface area contributed by atoms with Crippen LogP contribution in [0.2, 0.25) is 0 Å². The monoisotopic (exact) mass is 372 g/mol. The number of nitro benzene ring substituents is 1. The number of non-ortho nitro benzene ring substituents is 1. The molecule has 7 heteroatoms. The lowest BCUT2D eigenvalue weighted by Crippen LogP contribution is -2.21. The molecule has 0 radical (unpaired) electrons. The van der Waals surface area contributed by atoms with Gasteiger partial charge >= 0.3 is 7.52 Å². The van der Waals surface area contributed by atoms with Crippen LogP contribution in [0.5, 0.6) is 0 Å². The number of benzene rings is 2. The van der Waals surface area contributed by atoms with E-state index in [9.17, 15) is 14.7 Å². The first-order chi connectivity index (χ1) is 12.3. The molecule has 0 aliphatic heterocycles. The van der Waals surface area contributed by atoms with E-state index in [4.69, 9.17) is 4.52 Å². The average Bonchev–Trinajstić information content (AvgIpc) is 2.62. The van der Waals surface area contributed by atoms with E-state index in [1.54, 1.807) is 10.7 Å². The summed E-state index contributed by atoms with van der Waals surface area (Å²) in [5.74, 6) is 0.202. The average molecular weight is 372 g/mol. The molecule has 0 aliphatic carbocycles. The Morgan fingerprint density at radius 3 is 2.38 bits per heavy atom. The van der Waals surface area contributed by atoms with Crippen LogP contribution >= 0.6 is 7.52 Å². The van der Waals surface area contributed by atoms with Gasteiger partial charge in [0.25, 0.3) is 5.69 Å². The van der Waals surface area contributed by atoms with Gasteiger partial charge < -0.3 is 4.52 Å². The van der Waals surface area contributed by atoms with Crippen molar-refractivity contribution in [3.05, 3.63) is 95.1 Å². The van der Waals surface area contributed by atoms with Gasteiger partial charge in [-0.15, -0.1) is 6.58 Å². The van der Waals surface area contributed by atoms with Gasteiger partial charge in [0.05, 0.1) is 4.92 Å². The molecule has 0 saturated carbocycles. The van der Waals surface area contributed by atoms with E-state index < -0.39 is 12.4 Å². The zero-order valence-corrected chi connectivity index (χ0v) is 15.5. The normalized spacial score (nSPS) is 13.0. The molecule has 0 saturated heterocycles. The third kappa shape index (κ3) is 5.15. The second-order valence-electron chi connectivity index (χ2n) is 5.74. The topological polar surface area (TPSA) is 72.7 Å². The molecule has 1 unspecified atom stereocenters. The van der Waals surface area contributed by atoms with Gasteiger partial charge in [0.15, 0.2) is 0 Å².